The van der Waals surface area contributed by atoms with E-state index in [2.05, 4.69) is 38.7 Å². The average molecular weight is 355 g/mol. The Morgan fingerprint density at radius 3 is 2.54 bits per heavy atom. The van der Waals surface area contributed by atoms with Gasteiger partial charge in [0.05, 0.1) is 25.3 Å². The summed E-state index contributed by atoms with van der Waals surface area (Å²) in [6, 6.07) is 7.13. The summed E-state index contributed by atoms with van der Waals surface area (Å²) < 4.78 is 12.1. The zero-order chi connectivity index (χ0) is 18.8. The van der Waals surface area contributed by atoms with Crippen LogP contribution in [0.1, 0.15) is 36.1 Å². The summed E-state index contributed by atoms with van der Waals surface area (Å²) in [7, 11) is 4.88. The number of aryl methyl sites for hydroxylation is 1. The standard InChI is InChI=1S/C18H21N5O3/c1-10(2)16-20-12-8-11(6-7-14(12)23(16)3)19-17(24)13-9-15(25-4)22-18(21-13)26-5/h6-10H,1-5H3,(H,19,24). The maximum Gasteiger partial charge on any atom is 0.320 e. The molecule has 8 nitrogen and oxygen atoms in total. The topological polar surface area (TPSA) is 91.2 Å². The Labute approximate surface area is 151 Å². The predicted octanol–water partition coefficient (Wildman–Crippen LogP) is 2.76. The first kappa shape index (κ1) is 17.7. The van der Waals surface area contributed by atoms with Crippen LogP contribution in [0.25, 0.3) is 11.0 Å². The number of aromatic nitrogens is 4. The predicted molar refractivity (Wildman–Crippen MR) is 97.9 cm³/mol. The smallest absolute Gasteiger partial charge is 0.320 e. The highest BCUT2D eigenvalue weighted by atomic mass is 16.5. The molecule has 1 N–H and O–H groups in total. The number of nitrogens with one attached hydrogen (secondary N) is 1. The van der Waals surface area contributed by atoms with Crippen molar-refractivity contribution in [3.63, 3.8) is 0 Å². The zero-order valence-corrected chi connectivity index (χ0v) is 15.4. The fourth-order valence-electron chi connectivity index (χ4n) is 2.72. The normalized spacial score (nSPS) is 11.0. The molecular formula is C18H21N5O3. The lowest BCUT2D eigenvalue weighted by molar-refractivity contribution is 0.102. The second-order valence-corrected chi connectivity index (χ2v) is 6.12. The van der Waals surface area contributed by atoms with Crippen LogP contribution < -0.4 is 14.8 Å². The van der Waals surface area contributed by atoms with Crippen LogP contribution >= 0.6 is 0 Å². The van der Waals surface area contributed by atoms with Crippen LogP contribution in [0.3, 0.4) is 0 Å². The lowest BCUT2D eigenvalue weighted by Crippen LogP contribution is -2.15. The number of hydrogen-bond donors (Lipinski definition) is 1. The fraction of sp³-hybridized carbons (Fsp3) is 0.333. The van der Waals surface area contributed by atoms with E-state index in [1.54, 1.807) is 0 Å². The van der Waals surface area contributed by atoms with E-state index in [9.17, 15) is 4.79 Å². The number of anilines is 1. The van der Waals surface area contributed by atoms with Crippen LogP contribution in [0.5, 0.6) is 11.9 Å². The van der Waals surface area contributed by atoms with Crippen LogP contribution in [0.2, 0.25) is 0 Å². The van der Waals surface area contributed by atoms with Crippen molar-refractivity contribution in [1.82, 2.24) is 19.5 Å². The van der Waals surface area contributed by atoms with E-state index in [-0.39, 0.29) is 23.5 Å². The van der Waals surface area contributed by atoms with E-state index in [0.717, 1.165) is 16.9 Å². The van der Waals surface area contributed by atoms with E-state index in [1.165, 1.54) is 20.3 Å². The zero-order valence-electron chi connectivity index (χ0n) is 15.4. The van der Waals surface area contributed by atoms with Gasteiger partial charge in [-0.25, -0.2) is 4.98 Å². The number of hydrogen-bond acceptors (Lipinski definition) is 6. The van der Waals surface area contributed by atoms with Gasteiger partial charge in [0.15, 0.2) is 0 Å². The molecule has 0 radical (unpaired) electrons. The molecule has 26 heavy (non-hydrogen) atoms. The minimum Gasteiger partial charge on any atom is -0.481 e. The minimum absolute atomic E-state index is 0.0660. The van der Waals surface area contributed by atoms with Gasteiger partial charge in [0.25, 0.3) is 5.91 Å². The molecule has 136 valence electrons. The number of amides is 1. The summed E-state index contributed by atoms with van der Waals surface area (Å²) in [6.07, 6.45) is 0. The molecule has 2 heterocycles. The number of ether oxygens (including phenoxy) is 2. The SMILES string of the molecule is COc1cc(C(=O)Nc2ccc3c(c2)nc(C(C)C)n3C)nc(OC)n1. The highest BCUT2D eigenvalue weighted by molar-refractivity contribution is 6.03. The first-order valence-corrected chi connectivity index (χ1v) is 8.17. The number of imidazole rings is 1. The van der Waals surface area contributed by atoms with E-state index in [0.29, 0.717) is 11.6 Å². The second-order valence-electron chi connectivity index (χ2n) is 6.12. The molecule has 8 heteroatoms. The Kier molecular flexibility index (Phi) is 4.75. The third-order valence-corrected chi connectivity index (χ3v) is 4.00. The third-order valence-electron chi connectivity index (χ3n) is 4.00. The maximum atomic E-state index is 12.5. The van der Waals surface area contributed by atoms with Crippen molar-refractivity contribution in [2.24, 2.45) is 7.05 Å². The molecule has 3 rings (SSSR count). The van der Waals surface area contributed by atoms with Gasteiger partial charge >= 0.3 is 6.01 Å². The van der Waals surface area contributed by atoms with Gasteiger partial charge in [-0.1, -0.05) is 13.8 Å². The molecule has 3 aromatic rings. The molecule has 0 spiro atoms. The molecule has 0 atom stereocenters. The van der Waals surface area contributed by atoms with Gasteiger partial charge < -0.3 is 19.4 Å². The molecule has 0 aliphatic carbocycles. The number of carbonyl (C=O) groups is 1. The number of benzene rings is 1. The molecule has 0 aliphatic heterocycles. The van der Waals surface area contributed by atoms with E-state index >= 15 is 0 Å². The first-order valence-electron chi connectivity index (χ1n) is 8.17. The summed E-state index contributed by atoms with van der Waals surface area (Å²) in [5, 5.41) is 2.82. The molecule has 2 aromatic heterocycles. The van der Waals surface area contributed by atoms with E-state index in [1.807, 2.05) is 25.2 Å². The Hall–Kier alpha value is -3.16. The van der Waals surface area contributed by atoms with Gasteiger partial charge in [-0.2, -0.15) is 9.97 Å². The summed E-state index contributed by atoms with van der Waals surface area (Å²) in [4.78, 5) is 25.2. The first-order chi connectivity index (χ1) is 12.4. The second kappa shape index (κ2) is 6.99. The van der Waals surface area contributed by atoms with E-state index < -0.39 is 0 Å². The number of carbonyl (C=O) groups excluding carboxylic acids is 1. The Bertz CT molecular complexity index is 943. The van der Waals surface area contributed by atoms with Gasteiger partial charge in [0.2, 0.25) is 5.88 Å². The Morgan fingerprint density at radius 2 is 1.88 bits per heavy atom. The van der Waals surface area contributed by atoms with Crippen molar-refractivity contribution in [2.75, 3.05) is 19.5 Å². The summed E-state index contributed by atoms with van der Waals surface area (Å²) in [5.41, 5.74) is 2.62. The van der Waals surface area contributed by atoms with E-state index in [4.69, 9.17) is 9.47 Å². The fourth-order valence-corrected chi connectivity index (χ4v) is 2.72. The van der Waals surface area contributed by atoms with Crippen molar-refractivity contribution in [2.45, 2.75) is 19.8 Å². The lowest BCUT2D eigenvalue weighted by Gasteiger charge is -2.08. The molecular weight excluding hydrogens is 334 g/mol. The minimum atomic E-state index is -0.386. The number of nitrogens with zero attached hydrogens (tertiary/aromatic N) is 4. The molecule has 1 aromatic carbocycles. The van der Waals surface area contributed by atoms with Crippen molar-refractivity contribution in [3.05, 3.63) is 35.8 Å². The quantitative estimate of drug-likeness (QED) is 0.757. The molecule has 0 saturated heterocycles. The molecule has 0 saturated carbocycles. The van der Waals surface area contributed by atoms with Gasteiger partial charge in [-0.05, 0) is 18.2 Å². The molecule has 0 aliphatic rings. The Morgan fingerprint density at radius 1 is 1.12 bits per heavy atom. The van der Waals surface area contributed by atoms with Crippen LogP contribution in [0, 0.1) is 0 Å². The molecule has 1 amide bonds. The van der Waals surface area contributed by atoms with Crippen molar-refractivity contribution < 1.29 is 14.3 Å². The van der Waals surface area contributed by atoms with Crippen LogP contribution in [-0.2, 0) is 7.05 Å². The van der Waals surface area contributed by atoms with Gasteiger partial charge in [0, 0.05) is 24.7 Å². The largest absolute Gasteiger partial charge is 0.481 e. The number of methoxy groups -OCH3 is 2. The molecule has 0 bridgehead atoms. The summed E-state index contributed by atoms with van der Waals surface area (Å²) in [5.74, 6) is 1.17. The molecule has 0 unspecified atom stereocenters. The van der Waals surface area contributed by atoms with Crippen LogP contribution in [0.4, 0.5) is 5.69 Å². The van der Waals surface area contributed by atoms with Crippen molar-refractivity contribution in [3.8, 4) is 11.9 Å². The number of fused-ring (bicyclic) bond motifs is 1. The van der Waals surface area contributed by atoms with Gasteiger partial charge in [-0.15, -0.1) is 0 Å². The highest BCUT2D eigenvalue weighted by Gasteiger charge is 2.15. The van der Waals surface area contributed by atoms with Crippen molar-refractivity contribution in [1.29, 1.82) is 0 Å². The Balaban J connectivity index is 1.90. The van der Waals surface area contributed by atoms with Crippen LogP contribution in [0.15, 0.2) is 24.3 Å². The lowest BCUT2D eigenvalue weighted by atomic mass is 10.2. The van der Waals surface area contributed by atoms with Crippen LogP contribution in [-0.4, -0.2) is 39.6 Å². The van der Waals surface area contributed by atoms with Crippen molar-refractivity contribution >= 4 is 22.6 Å². The summed E-state index contributed by atoms with van der Waals surface area (Å²) >= 11 is 0. The maximum absolute atomic E-state index is 12.5. The monoisotopic (exact) mass is 355 g/mol. The molecule has 0 fully saturated rings. The highest BCUT2D eigenvalue weighted by Crippen LogP contribution is 2.24. The third kappa shape index (κ3) is 3.30. The average Bonchev–Trinajstić information content (AvgIpc) is 2.97. The van der Waals surface area contributed by atoms with Gasteiger partial charge in [0.1, 0.15) is 11.5 Å². The summed E-state index contributed by atoms with van der Waals surface area (Å²) in [6.45, 7) is 4.19. The number of rotatable bonds is 5. The van der Waals surface area contributed by atoms with Gasteiger partial charge in [-0.3, -0.25) is 4.79 Å².